The van der Waals surface area contributed by atoms with E-state index >= 15 is 0 Å². The fraction of sp³-hybridized carbons (Fsp3) is 0.571. The molecule has 1 aromatic heterocycles. The molecule has 4 nitrogen and oxygen atoms in total. The minimum absolute atomic E-state index is 0.130. The van der Waals surface area contributed by atoms with Crippen LogP contribution in [-0.4, -0.2) is 41.0 Å². The number of pyridine rings is 1. The summed E-state index contributed by atoms with van der Waals surface area (Å²) in [6.45, 7) is 4.65. The van der Waals surface area contributed by atoms with E-state index in [-0.39, 0.29) is 6.03 Å². The van der Waals surface area contributed by atoms with Crippen LogP contribution in [-0.2, 0) is 6.54 Å². The van der Waals surface area contributed by atoms with Crippen molar-refractivity contribution < 1.29 is 4.79 Å². The highest BCUT2D eigenvalue weighted by atomic mass is 16.2. The molecule has 0 bridgehead atoms. The molecule has 2 amide bonds. The van der Waals surface area contributed by atoms with Gasteiger partial charge in [-0.05, 0) is 30.4 Å². The lowest BCUT2D eigenvalue weighted by molar-refractivity contribution is 0.141. The number of amides is 2. The monoisotopic (exact) mass is 247 g/mol. The molecule has 18 heavy (non-hydrogen) atoms. The van der Waals surface area contributed by atoms with Gasteiger partial charge in [0.15, 0.2) is 0 Å². The molecule has 2 rings (SSSR count). The maximum absolute atomic E-state index is 12.2. The van der Waals surface area contributed by atoms with Crippen molar-refractivity contribution in [2.45, 2.75) is 26.3 Å². The standard InChI is InChI=1S/C14H21N3O/c1-12-5-8-17(9-6-12)14(18)16(2)11-13-4-3-7-15-10-13/h3-4,7,10,12H,5-6,8-9,11H2,1-2H3. The highest BCUT2D eigenvalue weighted by Gasteiger charge is 2.22. The Bertz CT molecular complexity index is 385. The highest BCUT2D eigenvalue weighted by molar-refractivity contribution is 5.74. The van der Waals surface area contributed by atoms with Crippen LogP contribution < -0.4 is 0 Å². The number of likely N-dealkylation sites (tertiary alicyclic amines) is 1. The zero-order valence-electron chi connectivity index (χ0n) is 11.2. The van der Waals surface area contributed by atoms with Gasteiger partial charge in [-0.1, -0.05) is 13.0 Å². The molecule has 0 spiro atoms. The van der Waals surface area contributed by atoms with Crippen molar-refractivity contribution >= 4 is 6.03 Å². The summed E-state index contributed by atoms with van der Waals surface area (Å²) in [4.78, 5) is 20.0. The van der Waals surface area contributed by atoms with E-state index in [9.17, 15) is 4.79 Å². The lowest BCUT2D eigenvalue weighted by Crippen LogP contribution is -2.44. The van der Waals surface area contributed by atoms with E-state index in [1.807, 2.05) is 30.3 Å². The third-order valence-corrected chi connectivity index (χ3v) is 3.52. The number of hydrogen-bond acceptors (Lipinski definition) is 2. The van der Waals surface area contributed by atoms with Crippen LogP contribution in [0.2, 0.25) is 0 Å². The van der Waals surface area contributed by atoms with Crippen molar-refractivity contribution in [2.75, 3.05) is 20.1 Å². The minimum atomic E-state index is 0.130. The molecule has 0 radical (unpaired) electrons. The first-order chi connectivity index (χ1) is 8.66. The van der Waals surface area contributed by atoms with Crippen LogP contribution in [0.3, 0.4) is 0 Å². The van der Waals surface area contributed by atoms with E-state index in [4.69, 9.17) is 0 Å². The first-order valence-electron chi connectivity index (χ1n) is 6.56. The van der Waals surface area contributed by atoms with Crippen LogP contribution in [0.4, 0.5) is 4.79 Å². The molecule has 4 heteroatoms. The average Bonchev–Trinajstić information content (AvgIpc) is 2.40. The largest absolute Gasteiger partial charge is 0.325 e. The average molecular weight is 247 g/mol. The molecule has 0 saturated carbocycles. The predicted molar refractivity (Wildman–Crippen MR) is 71.1 cm³/mol. The number of piperidine rings is 1. The number of aromatic nitrogens is 1. The van der Waals surface area contributed by atoms with Crippen LogP contribution in [0, 0.1) is 5.92 Å². The lowest BCUT2D eigenvalue weighted by Gasteiger charge is -2.33. The number of nitrogens with zero attached hydrogens (tertiary/aromatic N) is 3. The summed E-state index contributed by atoms with van der Waals surface area (Å²) < 4.78 is 0. The topological polar surface area (TPSA) is 36.4 Å². The maximum atomic E-state index is 12.2. The second kappa shape index (κ2) is 5.85. The molecule has 0 N–H and O–H groups in total. The van der Waals surface area contributed by atoms with E-state index in [1.165, 1.54) is 0 Å². The van der Waals surface area contributed by atoms with Gasteiger partial charge in [0.05, 0.1) is 0 Å². The number of rotatable bonds is 2. The fourth-order valence-electron chi connectivity index (χ4n) is 2.27. The summed E-state index contributed by atoms with van der Waals surface area (Å²) in [7, 11) is 1.85. The first-order valence-corrected chi connectivity index (χ1v) is 6.56. The van der Waals surface area contributed by atoms with Gasteiger partial charge in [-0.3, -0.25) is 4.98 Å². The van der Waals surface area contributed by atoms with Crippen LogP contribution in [0.1, 0.15) is 25.3 Å². The van der Waals surface area contributed by atoms with Crippen molar-refractivity contribution in [1.82, 2.24) is 14.8 Å². The van der Waals surface area contributed by atoms with E-state index < -0.39 is 0 Å². The molecule has 0 aliphatic carbocycles. The Morgan fingerprint density at radius 3 is 2.83 bits per heavy atom. The zero-order valence-corrected chi connectivity index (χ0v) is 11.2. The molecule has 1 fully saturated rings. The Morgan fingerprint density at radius 2 is 2.22 bits per heavy atom. The van der Waals surface area contributed by atoms with Crippen molar-refractivity contribution in [1.29, 1.82) is 0 Å². The van der Waals surface area contributed by atoms with E-state index in [0.29, 0.717) is 6.54 Å². The van der Waals surface area contributed by atoms with Gasteiger partial charge in [0.2, 0.25) is 0 Å². The molecule has 1 aliphatic rings. The summed E-state index contributed by atoms with van der Waals surface area (Å²) in [5.74, 6) is 0.748. The van der Waals surface area contributed by atoms with Gasteiger partial charge in [-0.25, -0.2) is 4.79 Å². The highest BCUT2D eigenvalue weighted by Crippen LogP contribution is 2.17. The summed E-state index contributed by atoms with van der Waals surface area (Å²) in [6.07, 6.45) is 5.79. The van der Waals surface area contributed by atoms with Gasteiger partial charge in [0.1, 0.15) is 0 Å². The maximum Gasteiger partial charge on any atom is 0.320 e. The Labute approximate surface area is 109 Å². The van der Waals surface area contributed by atoms with Crippen molar-refractivity contribution in [2.24, 2.45) is 5.92 Å². The molecule has 98 valence electrons. The summed E-state index contributed by atoms with van der Waals surface area (Å²) in [5.41, 5.74) is 1.07. The molecule has 0 unspecified atom stereocenters. The number of carbonyl (C=O) groups is 1. The van der Waals surface area contributed by atoms with Gasteiger partial charge >= 0.3 is 6.03 Å². The molecule has 1 saturated heterocycles. The second-order valence-electron chi connectivity index (χ2n) is 5.17. The third-order valence-electron chi connectivity index (χ3n) is 3.52. The minimum Gasteiger partial charge on any atom is -0.325 e. The van der Waals surface area contributed by atoms with E-state index in [2.05, 4.69) is 11.9 Å². The quantitative estimate of drug-likeness (QED) is 0.804. The molecule has 0 aromatic carbocycles. The number of carbonyl (C=O) groups excluding carboxylic acids is 1. The Kier molecular flexibility index (Phi) is 4.18. The van der Waals surface area contributed by atoms with Gasteiger partial charge in [-0.15, -0.1) is 0 Å². The number of hydrogen-bond donors (Lipinski definition) is 0. The Hall–Kier alpha value is -1.58. The van der Waals surface area contributed by atoms with Crippen LogP contribution in [0.25, 0.3) is 0 Å². The van der Waals surface area contributed by atoms with Gasteiger partial charge in [0, 0.05) is 39.1 Å². The summed E-state index contributed by atoms with van der Waals surface area (Å²) in [6, 6.07) is 4.02. The van der Waals surface area contributed by atoms with Gasteiger partial charge in [0.25, 0.3) is 0 Å². The molecule has 1 aromatic rings. The van der Waals surface area contributed by atoms with Gasteiger partial charge < -0.3 is 9.80 Å². The Balaban J connectivity index is 1.89. The fourth-order valence-corrected chi connectivity index (χ4v) is 2.27. The van der Waals surface area contributed by atoms with Crippen molar-refractivity contribution in [3.63, 3.8) is 0 Å². The Morgan fingerprint density at radius 1 is 1.50 bits per heavy atom. The first kappa shape index (κ1) is 12.9. The predicted octanol–water partition coefficient (Wildman–Crippen LogP) is 2.37. The second-order valence-corrected chi connectivity index (χ2v) is 5.17. The summed E-state index contributed by atoms with van der Waals surface area (Å²) in [5, 5.41) is 0. The van der Waals surface area contributed by atoms with E-state index in [1.54, 1.807) is 11.1 Å². The SMILES string of the molecule is CC1CCN(C(=O)N(C)Cc2cccnc2)CC1. The smallest absolute Gasteiger partial charge is 0.320 e. The molecular formula is C14H21N3O. The van der Waals surface area contributed by atoms with Crippen LogP contribution in [0.15, 0.2) is 24.5 Å². The molecular weight excluding hydrogens is 226 g/mol. The van der Waals surface area contributed by atoms with Crippen LogP contribution in [0.5, 0.6) is 0 Å². The van der Waals surface area contributed by atoms with Gasteiger partial charge in [-0.2, -0.15) is 0 Å². The zero-order chi connectivity index (χ0) is 13.0. The molecule has 0 atom stereocenters. The molecule has 2 heterocycles. The number of urea groups is 1. The summed E-state index contributed by atoms with van der Waals surface area (Å²) >= 11 is 0. The third kappa shape index (κ3) is 3.22. The van der Waals surface area contributed by atoms with Crippen molar-refractivity contribution in [3.05, 3.63) is 30.1 Å². The van der Waals surface area contributed by atoms with Crippen molar-refractivity contribution in [3.8, 4) is 0 Å². The normalized spacial score (nSPS) is 16.7. The lowest BCUT2D eigenvalue weighted by atomic mass is 10.00. The van der Waals surface area contributed by atoms with E-state index in [0.717, 1.165) is 37.4 Å². The molecule has 1 aliphatic heterocycles. The van der Waals surface area contributed by atoms with Crippen LogP contribution >= 0.6 is 0 Å².